The van der Waals surface area contributed by atoms with Gasteiger partial charge >= 0.3 is 0 Å². The fourth-order valence-electron chi connectivity index (χ4n) is 1.63. The summed E-state index contributed by atoms with van der Waals surface area (Å²) < 4.78 is 7.78. The Hall–Kier alpha value is -1.34. The number of hydrogen-bond donors (Lipinski definition) is 1. The maximum Gasteiger partial charge on any atom is 0.242 e. The third-order valence-electron chi connectivity index (χ3n) is 2.41. The van der Waals surface area contributed by atoms with Gasteiger partial charge in [-0.25, -0.2) is 4.98 Å². The molecule has 1 N–H and O–H groups in total. The summed E-state index contributed by atoms with van der Waals surface area (Å²) in [5.74, 6) is 2.41. The first-order valence-corrected chi connectivity index (χ1v) is 7.00. The molecule has 0 bridgehead atoms. The van der Waals surface area contributed by atoms with Gasteiger partial charge in [0.05, 0.1) is 7.11 Å². The van der Waals surface area contributed by atoms with Gasteiger partial charge in [0.1, 0.15) is 11.8 Å². The van der Waals surface area contributed by atoms with Gasteiger partial charge in [0.25, 0.3) is 0 Å². The number of thioether (sulfide) groups is 1. The third kappa shape index (κ3) is 2.56. The van der Waals surface area contributed by atoms with E-state index in [2.05, 4.69) is 21.5 Å². The highest BCUT2D eigenvalue weighted by atomic mass is 32.2. The fourth-order valence-corrected chi connectivity index (χ4v) is 2.55. The molecule has 0 saturated carbocycles. The van der Waals surface area contributed by atoms with E-state index in [1.165, 1.54) is 6.33 Å². The molecule has 2 aromatic rings. The first-order valence-electron chi connectivity index (χ1n) is 5.44. The number of methoxy groups -OCH3 is 1. The van der Waals surface area contributed by atoms with Gasteiger partial charge in [0, 0.05) is 18.1 Å². The molecule has 2 rings (SSSR count). The SMILES string of the molecule is C=CCSCCn1c(=S)[nH]c2c(OC)ncnc21. The van der Waals surface area contributed by atoms with E-state index < -0.39 is 0 Å². The van der Waals surface area contributed by atoms with Crippen molar-refractivity contribution in [2.75, 3.05) is 18.6 Å². The lowest BCUT2D eigenvalue weighted by molar-refractivity contribution is 0.401. The molecule has 0 spiro atoms. The summed E-state index contributed by atoms with van der Waals surface area (Å²) >= 11 is 7.10. The minimum Gasteiger partial charge on any atom is -0.479 e. The molecule has 7 heteroatoms. The monoisotopic (exact) mass is 282 g/mol. The Morgan fingerprint density at radius 3 is 3.17 bits per heavy atom. The van der Waals surface area contributed by atoms with Gasteiger partial charge in [-0.05, 0) is 12.2 Å². The summed E-state index contributed by atoms with van der Waals surface area (Å²) in [4.78, 5) is 11.4. The van der Waals surface area contributed by atoms with Crippen LogP contribution in [0.5, 0.6) is 5.88 Å². The van der Waals surface area contributed by atoms with Crippen molar-refractivity contribution in [3.8, 4) is 5.88 Å². The Morgan fingerprint density at radius 2 is 2.44 bits per heavy atom. The maximum atomic E-state index is 5.29. The van der Waals surface area contributed by atoms with E-state index in [-0.39, 0.29) is 0 Å². The molecule has 0 aliphatic rings. The lowest BCUT2D eigenvalue weighted by Crippen LogP contribution is -2.02. The van der Waals surface area contributed by atoms with Crippen molar-refractivity contribution in [1.82, 2.24) is 19.5 Å². The van der Waals surface area contributed by atoms with E-state index in [9.17, 15) is 0 Å². The first kappa shape index (κ1) is 13.1. The Morgan fingerprint density at radius 1 is 1.61 bits per heavy atom. The zero-order chi connectivity index (χ0) is 13.0. The van der Waals surface area contributed by atoms with Crippen molar-refractivity contribution in [3.05, 3.63) is 23.8 Å². The summed E-state index contributed by atoms with van der Waals surface area (Å²) in [6.07, 6.45) is 3.38. The molecule has 0 aromatic carbocycles. The Balaban J connectivity index is 2.30. The van der Waals surface area contributed by atoms with E-state index in [4.69, 9.17) is 17.0 Å². The van der Waals surface area contributed by atoms with Crippen molar-refractivity contribution >= 4 is 35.1 Å². The van der Waals surface area contributed by atoms with Crippen LogP contribution in [0.3, 0.4) is 0 Å². The number of hydrogen-bond acceptors (Lipinski definition) is 5. The average molecular weight is 282 g/mol. The van der Waals surface area contributed by atoms with E-state index in [1.807, 2.05) is 10.6 Å². The highest BCUT2D eigenvalue weighted by Gasteiger charge is 2.10. The molecule has 2 aromatic heterocycles. The zero-order valence-corrected chi connectivity index (χ0v) is 11.7. The summed E-state index contributed by atoms with van der Waals surface area (Å²) in [6.45, 7) is 4.50. The van der Waals surface area contributed by atoms with E-state index in [0.29, 0.717) is 10.7 Å². The number of aryl methyl sites for hydroxylation is 1. The van der Waals surface area contributed by atoms with Crippen LogP contribution in [0.1, 0.15) is 0 Å². The lowest BCUT2D eigenvalue weighted by atomic mass is 10.5. The molecule has 0 unspecified atom stereocenters. The molecule has 0 amide bonds. The van der Waals surface area contributed by atoms with Gasteiger partial charge in [-0.15, -0.1) is 6.58 Å². The number of imidazole rings is 1. The quantitative estimate of drug-likeness (QED) is 0.501. The van der Waals surface area contributed by atoms with Gasteiger partial charge in [-0.1, -0.05) is 6.08 Å². The molecule has 0 aliphatic carbocycles. The summed E-state index contributed by atoms with van der Waals surface area (Å²) in [5.41, 5.74) is 1.53. The lowest BCUT2D eigenvalue weighted by Gasteiger charge is -2.03. The number of aromatic nitrogens is 4. The van der Waals surface area contributed by atoms with Gasteiger partial charge in [0.2, 0.25) is 5.88 Å². The number of nitrogens with one attached hydrogen (secondary N) is 1. The highest BCUT2D eigenvalue weighted by molar-refractivity contribution is 7.99. The predicted octanol–water partition coefficient (Wildman–Crippen LogP) is 2.42. The topological polar surface area (TPSA) is 55.7 Å². The summed E-state index contributed by atoms with van der Waals surface area (Å²) in [5, 5.41) is 0. The summed E-state index contributed by atoms with van der Waals surface area (Å²) in [6, 6.07) is 0. The van der Waals surface area contributed by atoms with Crippen LogP contribution in [-0.4, -0.2) is 38.1 Å². The smallest absolute Gasteiger partial charge is 0.242 e. The molecular formula is C11H14N4OS2. The molecular weight excluding hydrogens is 268 g/mol. The van der Waals surface area contributed by atoms with Gasteiger partial charge in [-0.3, -0.25) is 0 Å². The molecule has 0 atom stereocenters. The second-order valence-electron chi connectivity index (χ2n) is 3.53. The van der Waals surface area contributed by atoms with Crippen molar-refractivity contribution in [1.29, 1.82) is 0 Å². The van der Waals surface area contributed by atoms with Crippen LogP contribution in [0.4, 0.5) is 0 Å². The molecule has 0 fully saturated rings. The van der Waals surface area contributed by atoms with Gasteiger partial charge < -0.3 is 14.3 Å². The van der Waals surface area contributed by atoms with E-state index in [1.54, 1.807) is 18.9 Å². The highest BCUT2D eigenvalue weighted by Crippen LogP contribution is 2.20. The molecule has 18 heavy (non-hydrogen) atoms. The summed E-state index contributed by atoms with van der Waals surface area (Å²) in [7, 11) is 1.58. The number of nitrogens with zero attached hydrogens (tertiary/aromatic N) is 3. The largest absolute Gasteiger partial charge is 0.479 e. The van der Waals surface area contributed by atoms with Crippen LogP contribution >= 0.6 is 24.0 Å². The van der Waals surface area contributed by atoms with Gasteiger partial charge in [-0.2, -0.15) is 16.7 Å². The molecule has 2 heterocycles. The average Bonchev–Trinajstić information content (AvgIpc) is 2.70. The van der Waals surface area contributed by atoms with Gasteiger partial charge in [0.15, 0.2) is 10.4 Å². The molecule has 0 saturated heterocycles. The van der Waals surface area contributed by atoms with Crippen LogP contribution in [0.15, 0.2) is 19.0 Å². The Kier molecular flexibility index (Phi) is 4.38. The Labute approximate surface area is 114 Å². The van der Waals surface area contributed by atoms with Crippen LogP contribution in [0.25, 0.3) is 11.2 Å². The van der Waals surface area contributed by atoms with Crippen molar-refractivity contribution < 1.29 is 4.74 Å². The van der Waals surface area contributed by atoms with Crippen molar-refractivity contribution in [3.63, 3.8) is 0 Å². The second-order valence-corrected chi connectivity index (χ2v) is 5.06. The van der Waals surface area contributed by atoms with Crippen molar-refractivity contribution in [2.24, 2.45) is 0 Å². The first-order chi connectivity index (χ1) is 8.77. The molecule has 0 radical (unpaired) electrons. The number of fused-ring (bicyclic) bond motifs is 1. The minimum atomic E-state index is 0.517. The standard InChI is InChI=1S/C11H14N4OS2/c1-3-5-18-6-4-15-9-8(14-11(15)17)10(16-2)13-7-12-9/h3,7H,1,4-6H2,2H3,(H,14,17). The van der Waals surface area contributed by atoms with Crippen LogP contribution in [0.2, 0.25) is 0 Å². The van der Waals surface area contributed by atoms with E-state index in [0.717, 1.165) is 29.2 Å². The number of aromatic amines is 1. The second kappa shape index (κ2) is 6.01. The fraction of sp³-hybridized carbons (Fsp3) is 0.364. The van der Waals surface area contributed by atoms with Crippen molar-refractivity contribution in [2.45, 2.75) is 6.54 Å². The van der Waals surface area contributed by atoms with Crippen LogP contribution < -0.4 is 4.74 Å². The Bertz CT molecular complexity index is 605. The molecule has 96 valence electrons. The minimum absolute atomic E-state index is 0.517. The van der Waals surface area contributed by atoms with E-state index >= 15 is 0 Å². The third-order valence-corrected chi connectivity index (χ3v) is 3.68. The van der Waals surface area contributed by atoms with Crippen LogP contribution in [0, 0.1) is 4.77 Å². The predicted molar refractivity (Wildman–Crippen MR) is 76.8 cm³/mol. The maximum absolute atomic E-state index is 5.29. The molecule has 5 nitrogen and oxygen atoms in total. The number of ether oxygens (including phenoxy) is 1. The number of H-pyrrole nitrogens is 1. The van der Waals surface area contributed by atoms with Crippen LogP contribution in [-0.2, 0) is 6.54 Å². The molecule has 0 aliphatic heterocycles. The zero-order valence-electron chi connectivity index (χ0n) is 10.0. The normalized spacial score (nSPS) is 10.7. The number of rotatable bonds is 6.